The minimum absolute atomic E-state index is 0.218. The van der Waals surface area contributed by atoms with E-state index in [-0.39, 0.29) is 5.91 Å². The highest BCUT2D eigenvalue weighted by molar-refractivity contribution is 5.84. The van der Waals surface area contributed by atoms with Crippen LogP contribution in [0.3, 0.4) is 0 Å². The van der Waals surface area contributed by atoms with E-state index in [2.05, 4.69) is 11.1 Å². The molecule has 1 atom stereocenters. The van der Waals surface area contributed by atoms with Crippen molar-refractivity contribution in [3.63, 3.8) is 0 Å². The summed E-state index contributed by atoms with van der Waals surface area (Å²) < 4.78 is 0. The normalized spacial score (nSPS) is 19.9. The second-order valence-electron chi connectivity index (χ2n) is 4.94. The van der Waals surface area contributed by atoms with Gasteiger partial charge in [-0.2, -0.15) is 0 Å². The average Bonchev–Trinajstić information content (AvgIpc) is 2.95. The number of amides is 1. The van der Waals surface area contributed by atoms with Crippen LogP contribution in [-0.4, -0.2) is 28.9 Å². The molecule has 1 saturated heterocycles. The number of nitrogens with one attached hydrogen (secondary N) is 1. The summed E-state index contributed by atoms with van der Waals surface area (Å²) in [5.74, 6) is 0.540. The first-order chi connectivity index (χ1) is 8.78. The Morgan fingerprint density at radius 3 is 3.00 bits per heavy atom. The Bertz CT molecular complexity index is 575. The van der Waals surface area contributed by atoms with E-state index in [9.17, 15) is 4.79 Å². The Balaban J connectivity index is 1.83. The van der Waals surface area contributed by atoms with E-state index >= 15 is 0 Å². The monoisotopic (exact) mass is 243 g/mol. The van der Waals surface area contributed by atoms with E-state index in [4.69, 9.17) is 5.73 Å². The summed E-state index contributed by atoms with van der Waals surface area (Å²) in [4.78, 5) is 17.0. The number of fused-ring (bicyclic) bond motifs is 1. The molecule has 0 radical (unpaired) electrons. The Labute approximate surface area is 106 Å². The topological polar surface area (TPSA) is 62.1 Å². The standard InChI is InChI=1S/C14H17N3O/c15-6-10-5-14(18)17(8-10)9-11-7-16-13-4-2-1-3-12(11)13/h1-4,7,10,16H,5-6,8-9,15H2. The van der Waals surface area contributed by atoms with Gasteiger partial charge in [-0.25, -0.2) is 0 Å². The van der Waals surface area contributed by atoms with Gasteiger partial charge in [0.15, 0.2) is 0 Å². The number of aromatic nitrogens is 1. The highest BCUT2D eigenvalue weighted by Crippen LogP contribution is 2.23. The lowest BCUT2D eigenvalue weighted by Crippen LogP contribution is -2.25. The molecule has 1 aromatic carbocycles. The minimum Gasteiger partial charge on any atom is -0.361 e. The van der Waals surface area contributed by atoms with Gasteiger partial charge in [-0.3, -0.25) is 4.79 Å². The van der Waals surface area contributed by atoms with Crippen LogP contribution in [0.4, 0.5) is 0 Å². The highest BCUT2D eigenvalue weighted by Gasteiger charge is 2.28. The molecular weight excluding hydrogens is 226 g/mol. The summed E-state index contributed by atoms with van der Waals surface area (Å²) in [6.45, 7) is 2.06. The van der Waals surface area contributed by atoms with Gasteiger partial charge >= 0.3 is 0 Å². The maximum Gasteiger partial charge on any atom is 0.223 e. The quantitative estimate of drug-likeness (QED) is 0.857. The molecule has 18 heavy (non-hydrogen) atoms. The molecule has 1 unspecified atom stereocenters. The molecule has 4 heteroatoms. The van der Waals surface area contributed by atoms with Gasteiger partial charge in [0.25, 0.3) is 0 Å². The van der Waals surface area contributed by atoms with Crippen molar-refractivity contribution in [2.45, 2.75) is 13.0 Å². The molecule has 1 amide bonds. The summed E-state index contributed by atoms with van der Waals surface area (Å²) in [6, 6.07) is 8.16. The van der Waals surface area contributed by atoms with E-state index in [0.29, 0.717) is 25.4 Å². The van der Waals surface area contributed by atoms with Crippen LogP contribution in [-0.2, 0) is 11.3 Å². The number of H-pyrrole nitrogens is 1. The van der Waals surface area contributed by atoms with Crippen molar-refractivity contribution in [2.75, 3.05) is 13.1 Å². The molecule has 0 spiro atoms. The molecule has 3 rings (SSSR count). The van der Waals surface area contributed by atoms with E-state index in [1.165, 1.54) is 10.9 Å². The number of hydrogen-bond acceptors (Lipinski definition) is 2. The first-order valence-corrected chi connectivity index (χ1v) is 6.30. The van der Waals surface area contributed by atoms with Crippen molar-refractivity contribution in [2.24, 2.45) is 11.7 Å². The van der Waals surface area contributed by atoms with Crippen molar-refractivity contribution in [3.05, 3.63) is 36.0 Å². The first-order valence-electron chi connectivity index (χ1n) is 6.30. The number of benzene rings is 1. The molecule has 1 aromatic heterocycles. The van der Waals surface area contributed by atoms with E-state index in [0.717, 1.165) is 12.1 Å². The number of hydrogen-bond donors (Lipinski definition) is 2. The van der Waals surface area contributed by atoms with Crippen molar-refractivity contribution in [1.29, 1.82) is 0 Å². The van der Waals surface area contributed by atoms with E-state index in [1.807, 2.05) is 29.3 Å². The third kappa shape index (κ3) is 1.88. The lowest BCUT2D eigenvalue weighted by atomic mass is 10.1. The molecule has 94 valence electrons. The number of carbonyl (C=O) groups excluding carboxylic acids is 1. The number of nitrogens with zero attached hydrogens (tertiary/aromatic N) is 1. The first kappa shape index (κ1) is 11.3. The fourth-order valence-corrected chi connectivity index (χ4v) is 2.63. The highest BCUT2D eigenvalue weighted by atomic mass is 16.2. The van der Waals surface area contributed by atoms with Crippen molar-refractivity contribution in [3.8, 4) is 0 Å². The lowest BCUT2D eigenvalue weighted by Gasteiger charge is -2.15. The predicted molar refractivity (Wildman–Crippen MR) is 70.9 cm³/mol. The largest absolute Gasteiger partial charge is 0.361 e. The second-order valence-corrected chi connectivity index (χ2v) is 4.94. The Morgan fingerprint density at radius 1 is 1.39 bits per heavy atom. The van der Waals surface area contributed by atoms with Crippen LogP contribution >= 0.6 is 0 Å². The van der Waals surface area contributed by atoms with Crippen LogP contribution in [0.15, 0.2) is 30.5 Å². The summed E-state index contributed by atoms with van der Waals surface area (Å²) in [5, 5.41) is 1.20. The summed E-state index contributed by atoms with van der Waals surface area (Å²) in [5.41, 5.74) is 7.93. The fraction of sp³-hybridized carbons (Fsp3) is 0.357. The molecule has 0 saturated carbocycles. The number of carbonyl (C=O) groups is 1. The van der Waals surface area contributed by atoms with Gasteiger partial charge in [0, 0.05) is 36.6 Å². The van der Waals surface area contributed by atoms with Crippen LogP contribution in [0.5, 0.6) is 0 Å². The molecule has 4 nitrogen and oxygen atoms in total. The molecule has 1 aliphatic heterocycles. The zero-order valence-electron chi connectivity index (χ0n) is 10.2. The molecule has 1 aliphatic rings. The van der Waals surface area contributed by atoms with Crippen LogP contribution in [0.2, 0.25) is 0 Å². The Kier molecular flexibility index (Phi) is 2.80. The van der Waals surface area contributed by atoms with E-state index in [1.54, 1.807) is 0 Å². The Hall–Kier alpha value is -1.81. The van der Waals surface area contributed by atoms with Crippen LogP contribution in [0.25, 0.3) is 10.9 Å². The van der Waals surface area contributed by atoms with Crippen molar-refractivity contribution < 1.29 is 4.79 Å². The smallest absolute Gasteiger partial charge is 0.223 e. The molecular formula is C14H17N3O. The number of aromatic amines is 1. The molecule has 3 N–H and O–H groups in total. The molecule has 2 heterocycles. The van der Waals surface area contributed by atoms with Gasteiger partial charge in [-0.15, -0.1) is 0 Å². The van der Waals surface area contributed by atoms with Crippen LogP contribution < -0.4 is 5.73 Å². The van der Waals surface area contributed by atoms with E-state index < -0.39 is 0 Å². The van der Waals surface area contributed by atoms with Gasteiger partial charge in [0.05, 0.1) is 0 Å². The molecule has 1 fully saturated rings. The zero-order chi connectivity index (χ0) is 12.5. The number of likely N-dealkylation sites (tertiary alicyclic amines) is 1. The SMILES string of the molecule is NCC1CC(=O)N(Cc2c[nH]c3ccccc23)C1. The summed E-state index contributed by atoms with van der Waals surface area (Å²) >= 11 is 0. The average molecular weight is 243 g/mol. The van der Waals surface area contributed by atoms with Gasteiger partial charge < -0.3 is 15.6 Å². The van der Waals surface area contributed by atoms with Gasteiger partial charge in [-0.05, 0) is 24.1 Å². The zero-order valence-corrected chi connectivity index (χ0v) is 10.2. The molecule has 0 bridgehead atoms. The Morgan fingerprint density at radius 2 is 2.22 bits per heavy atom. The number of rotatable bonds is 3. The van der Waals surface area contributed by atoms with Crippen LogP contribution in [0, 0.1) is 5.92 Å². The maximum atomic E-state index is 11.9. The third-order valence-corrected chi connectivity index (χ3v) is 3.66. The number of nitrogens with two attached hydrogens (primary N) is 1. The minimum atomic E-state index is 0.218. The second kappa shape index (κ2) is 4.46. The number of para-hydroxylation sites is 1. The van der Waals surface area contributed by atoms with Crippen molar-refractivity contribution >= 4 is 16.8 Å². The fourth-order valence-electron chi connectivity index (χ4n) is 2.63. The maximum absolute atomic E-state index is 11.9. The summed E-state index contributed by atoms with van der Waals surface area (Å²) in [6.07, 6.45) is 2.59. The van der Waals surface area contributed by atoms with Gasteiger partial charge in [0.1, 0.15) is 0 Å². The van der Waals surface area contributed by atoms with Crippen LogP contribution in [0.1, 0.15) is 12.0 Å². The summed E-state index contributed by atoms with van der Waals surface area (Å²) in [7, 11) is 0. The van der Waals surface area contributed by atoms with Crippen molar-refractivity contribution in [1.82, 2.24) is 9.88 Å². The molecule has 0 aliphatic carbocycles. The lowest BCUT2D eigenvalue weighted by molar-refractivity contribution is -0.128. The van der Waals surface area contributed by atoms with Gasteiger partial charge in [-0.1, -0.05) is 18.2 Å². The molecule has 2 aromatic rings. The van der Waals surface area contributed by atoms with Gasteiger partial charge in [0.2, 0.25) is 5.91 Å². The predicted octanol–water partition coefficient (Wildman–Crippen LogP) is 1.48. The third-order valence-electron chi connectivity index (χ3n) is 3.66.